The van der Waals surface area contributed by atoms with Crippen molar-refractivity contribution < 1.29 is 9.59 Å². The summed E-state index contributed by atoms with van der Waals surface area (Å²) < 4.78 is 0. The summed E-state index contributed by atoms with van der Waals surface area (Å²) in [5.41, 5.74) is 1.48. The Morgan fingerprint density at radius 3 is 2.75 bits per heavy atom. The standard InChI is InChI=1S/C23H27N3O2/c1-16-5-3-6-18(13-16)19(27)14-22-8-4-9-23(15-22,11-10-22)21(28)26-20-7-12-24-17(2)25-20/h3,5-7,12-13H,4,8-11,14-15H2,1-2H3,(H,24,25,26,28). The molecule has 2 aromatic rings. The molecule has 2 unspecified atom stereocenters. The Hall–Kier alpha value is -2.56. The summed E-state index contributed by atoms with van der Waals surface area (Å²) in [5, 5.41) is 3.01. The molecule has 1 N–H and O–H groups in total. The van der Waals surface area contributed by atoms with E-state index in [0.717, 1.165) is 49.7 Å². The van der Waals surface area contributed by atoms with Crippen molar-refractivity contribution in [2.24, 2.45) is 10.8 Å². The number of Topliss-reactive ketones (excluding diaryl/α,β-unsaturated/α-hetero) is 1. The zero-order chi connectivity index (χ0) is 19.8. The third kappa shape index (κ3) is 3.58. The fraction of sp³-hybridized carbons (Fsp3) is 0.478. The number of carbonyl (C=O) groups excluding carboxylic acids is 2. The largest absolute Gasteiger partial charge is 0.310 e. The Balaban J connectivity index is 1.49. The zero-order valence-electron chi connectivity index (χ0n) is 16.6. The van der Waals surface area contributed by atoms with Gasteiger partial charge < -0.3 is 5.32 Å². The topological polar surface area (TPSA) is 72.0 Å². The zero-order valence-corrected chi connectivity index (χ0v) is 16.6. The first-order valence-corrected chi connectivity index (χ1v) is 10.1. The molecule has 2 fully saturated rings. The van der Waals surface area contributed by atoms with E-state index >= 15 is 0 Å². The predicted molar refractivity (Wildman–Crippen MR) is 108 cm³/mol. The van der Waals surface area contributed by atoms with Crippen molar-refractivity contribution in [3.05, 3.63) is 53.5 Å². The average Bonchev–Trinajstić information content (AvgIpc) is 2.93. The van der Waals surface area contributed by atoms with E-state index < -0.39 is 0 Å². The number of amides is 1. The molecule has 4 rings (SSSR count). The smallest absolute Gasteiger partial charge is 0.231 e. The van der Waals surface area contributed by atoms with Crippen molar-refractivity contribution in [1.82, 2.24) is 9.97 Å². The van der Waals surface area contributed by atoms with Crippen molar-refractivity contribution in [3.8, 4) is 0 Å². The fourth-order valence-corrected chi connectivity index (χ4v) is 5.21. The maximum absolute atomic E-state index is 13.1. The van der Waals surface area contributed by atoms with Crippen molar-refractivity contribution in [2.75, 3.05) is 5.32 Å². The number of nitrogens with one attached hydrogen (secondary N) is 1. The van der Waals surface area contributed by atoms with Gasteiger partial charge in [-0.2, -0.15) is 0 Å². The fourth-order valence-electron chi connectivity index (χ4n) is 5.21. The number of hydrogen-bond donors (Lipinski definition) is 1. The van der Waals surface area contributed by atoms with E-state index in [1.54, 1.807) is 12.3 Å². The SMILES string of the molecule is Cc1cccc(C(=O)CC23CCCC(C(=O)Nc4ccnc(C)n4)(CC2)C3)c1. The highest BCUT2D eigenvalue weighted by Gasteiger charge is 2.55. The first-order chi connectivity index (χ1) is 13.4. The maximum atomic E-state index is 13.1. The van der Waals surface area contributed by atoms with Crippen LogP contribution in [0.25, 0.3) is 0 Å². The summed E-state index contributed by atoms with van der Waals surface area (Å²) in [7, 11) is 0. The van der Waals surface area contributed by atoms with Crippen LogP contribution in [-0.4, -0.2) is 21.7 Å². The van der Waals surface area contributed by atoms with E-state index in [1.165, 1.54) is 0 Å². The van der Waals surface area contributed by atoms with Crippen LogP contribution in [0.5, 0.6) is 0 Å². The third-order valence-corrected chi connectivity index (χ3v) is 6.58. The van der Waals surface area contributed by atoms with Crippen molar-refractivity contribution in [2.45, 2.75) is 58.8 Å². The molecule has 2 bridgehead atoms. The lowest BCUT2D eigenvalue weighted by molar-refractivity contribution is -0.127. The lowest BCUT2D eigenvalue weighted by Gasteiger charge is -2.38. The number of benzene rings is 1. The first-order valence-electron chi connectivity index (χ1n) is 10.1. The van der Waals surface area contributed by atoms with Crippen LogP contribution in [-0.2, 0) is 4.79 Å². The van der Waals surface area contributed by atoms with E-state index in [9.17, 15) is 9.59 Å². The van der Waals surface area contributed by atoms with Gasteiger partial charge in [0.1, 0.15) is 11.6 Å². The minimum atomic E-state index is -0.371. The molecule has 2 aliphatic carbocycles. The molecule has 5 heteroatoms. The van der Waals surface area contributed by atoms with Crippen LogP contribution in [0, 0.1) is 24.7 Å². The van der Waals surface area contributed by atoms with Gasteiger partial charge in [-0.25, -0.2) is 9.97 Å². The number of ketones is 1. The van der Waals surface area contributed by atoms with Gasteiger partial charge in [0.15, 0.2) is 5.78 Å². The van der Waals surface area contributed by atoms with Crippen LogP contribution in [0.1, 0.15) is 66.7 Å². The summed E-state index contributed by atoms with van der Waals surface area (Å²) in [4.78, 5) is 34.5. The second-order valence-electron chi connectivity index (χ2n) is 8.72. The summed E-state index contributed by atoms with van der Waals surface area (Å²) in [6, 6.07) is 9.55. The second-order valence-corrected chi connectivity index (χ2v) is 8.72. The molecule has 0 spiro atoms. The normalized spacial score (nSPS) is 26.1. The molecular weight excluding hydrogens is 350 g/mol. The van der Waals surface area contributed by atoms with Gasteiger partial charge >= 0.3 is 0 Å². The lowest BCUT2D eigenvalue weighted by atomic mass is 9.66. The highest BCUT2D eigenvalue weighted by Crippen LogP contribution is 2.60. The van der Waals surface area contributed by atoms with Gasteiger partial charge in [0, 0.05) is 18.2 Å². The van der Waals surface area contributed by atoms with Crippen LogP contribution < -0.4 is 5.32 Å². The Morgan fingerprint density at radius 1 is 1.11 bits per heavy atom. The molecule has 0 aliphatic heterocycles. The Morgan fingerprint density at radius 2 is 1.96 bits per heavy atom. The number of carbonyl (C=O) groups is 2. The van der Waals surface area contributed by atoms with Crippen molar-refractivity contribution >= 4 is 17.5 Å². The molecule has 0 radical (unpaired) electrons. The minimum absolute atomic E-state index is 0.0436. The van der Waals surface area contributed by atoms with E-state index in [4.69, 9.17) is 0 Å². The van der Waals surface area contributed by atoms with Crippen molar-refractivity contribution in [3.63, 3.8) is 0 Å². The van der Waals surface area contributed by atoms with Gasteiger partial charge in [-0.3, -0.25) is 9.59 Å². The molecule has 2 atom stereocenters. The number of rotatable bonds is 5. The maximum Gasteiger partial charge on any atom is 0.231 e. The van der Waals surface area contributed by atoms with Gasteiger partial charge in [0.05, 0.1) is 5.41 Å². The molecule has 1 aromatic heterocycles. The molecule has 2 aliphatic rings. The van der Waals surface area contributed by atoms with Crippen LogP contribution in [0.4, 0.5) is 5.82 Å². The average molecular weight is 377 g/mol. The number of aromatic nitrogens is 2. The van der Waals surface area contributed by atoms with E-state index in [-0.39, 0.29) is 22.5 Å². The van der Waals surface area contributed by atoms with Crippen LogP contribution in [0.2, 0.25) is 0 Å². The monoisotopic (exact) mass is 377 g/mol. The quantitative estimate of drug-likeness (QED) is 0.770. The van der Waals surface area contributed by atoms with Gasteiger partial charge in [0.25, 0.3) is 0 Å². The van der Waals surface area contributed by atoms with Crippen LogP contribution >= 0.6 is 0 Å². The molecule has 1 heterocycles. The first kappa shape index (κ1) is 18.8. The molecule has 146 valence electrons. The molecule has 0 saturated heterocycles. The summed E-state index contributed by atoms with van der Waals surface area (Å²) in [5.74, 6) is 1.46. The Kier molecular flexibility index (Phi) is 4.77. The molecule has 1 amide bonds. The molecule has 5 nitrogen and oxygen atoms in total. The highest BCUT2D eigenvalue weighted by atomic mass is 16.2. The summed E-state index contributed by atoms with van der Waals surface area (Å²) in [6.45, 7) is 3.82. The molecule has 1 aromatic carbocycles. The van der Waals surface area contributed by atoms with Gasteiger partial charge in [-0.15, -0.1) is 0 Å². The number of nitrogens with zero attached hydrogens (tertiary/aromatic N) is 2. The lowest BCUT2D eigenvalue weighted by Crippen LogP contribution is -2.39. The van der Waals surface area contributed by atoms with Gasteiger partial charge in [0.2, 0.25) is 5.91 Å². The minimum Gasteiger partial charge on any atom is -0.310 e. The van der Waals surface area contributed by atoms with E-state index in [0.29, 0.717) is 18.1 Å². The Labute approximate surface area is 166 Å². The molecule has 2 saturated carbocycles. The van der Waals surface area contributed by atoms with Crippen LogP contribution in [0.15, 0.2) is 36.5 Å². The van der Waals surface area contributed by atoms with Crippen LogP contribution in [0.3, 0.4) is 0 Å². The molecule has 28 heavy (non-hydrogen) atoms. The second kappa shape index (κ2) is 7.12. The summed E-state index contributed by atoms with van der Waals surface area (Å²) >= 11 is 0. The number of fused-ring (bicyclic) bond motifs is 2. The summed E-state index contributed by atoms with van der Waals surface area (Å²) in [6.07, 6.45) is 7.72. The van der Waals surface area contributed by atoms with Gasteiger partial charge in [-0.1, -0.05) is 30.2 Å². The number of anilines is 1. The molecular formula is C23H27N3O2. The van der Waals surface area contributed by atoms with E-state index in [1.807, 2.05) is 38.1 Å². The van der Waals surface area contributed by atoms with Gasteiger partial charge in [-0.05, 0) is 63.5 Å². The Bertz CT molecular complexity index is 926. The number of aryl methyl sites for hydroxylation is 2. The van der Waals surface area contributed by atoms with E-state index in [2.05, 4.69) is 15.3 Å². The third-order valence-electron chi connectivity index (χ3n) is 6.58. The van der Waals surface area contributed by atoms with Crippen molar-refractivity contribution in [1.29, 1.82) is 0 Å². The predicted octanol–water partition coefficient (Wildman–Crippen LogP) is 4.65. The highest BCUT2D eigenvalue weighted by molar-refractivity contribution is 5.97. The number of hydrogen-bond acceptors (Lipinski definition) is 4.